The second kappa shape index (κ2) is 16.9. The summed E-state index contributed by atoms with van der Waals surface area (Å²) < 4.78 is 40.4. The number of rotatable bonds is 14. The van der Waals surface area contributed by atoms with E-state index in [9.17, 15) is 33.5 Å². The van der Waals surface area contributed by atoms with Gasteiger partial charge in [-0.3, -0.25) is 28.8 Å². The van der Waals surface area contributed by atoms with Crippen LogP contribution in [-0.2, 0) is 54.3 Å². The van der Waals surface area contributed by atoms with Gasteiger partial charge in [0.1, 0.15) is 54.2 Å². The van der Waals surface area contributed by atoms with Crippen LogP contribution in [0.4, 0.5) is 10.5 Å². The van der Waals surface area contributed by atoms with Crippen molar-refractivity contribution in [3.63, 3.8) is 0 Å². The van der Waals surface area contributed by atoms with Gasteiger partial charge in [0.2, 0.25) is 5.91 Å². The Morgan fingerprint density at radius 2 is 1.43 bits per heavy atom. The molecule has 2 aliphatic heterocycles. The van der Waals surface area contributed by atoms with Crippen LogP contribution in [0.3, 0.4) is 0 Å². The van der Waals surface area contributed by atoms with Crippen LogP contribution in [0.2, 0.25) is 0 Å². The highest BCUT2D eigenvalue weighted by molar-refractivity contribution is 7.86. The molecular weight excluding hydrogens is 722 g/mol. The van der Waals surface area contributed by atoms with Gasteiger partial charge < -0.3 is 29.0 Å². The van der Waals surface area contributed by atoms with Gasteiger partial charge in [-0.15, -0.1) is 0 Å². The van der Waals surface area contributed by atoms with Gasteiger partial charge in [0.05, 0.1) is 35.0 Å². The van der Waals surface area contributed by atoms with E-state index in [1.54, 1.807) is 72.8 Å². The topological polar surface area (TPSA) is 190 Å². The lowest BCUT2D eigenvalue weighted by Gasteiger charge is -2.49. The number of hydrogen-bond donors (Lipinski definition) is 1. The molecule has 4 aromatic carbocycles. The van der Waals surface area contributed by atoms with Gasteiger partial charge in [-0.05, 0) is 53.1 Å². The molecule has 2 amide bonds. The predicted molar refractivity (Wildman–Crippen MR) is 191 cm³/mol. The third-order valence-corrected chi connectivity index (χ3v) is 10.0. The second-order valence-corrected chi connectivity index (χ2v) is 13.6. The summed E-state index contributed by atoms with van der Waals surface area (Å²) >= 11 is 0. The van der Waals surface area contributed by atoms with Crippen LogP contribution in [0.25, 0.3) is 0 Å². The Bertz CT molecular complexity index is 2090. The number of esters is 1. The number of nitro benzene ring substituents is 1. The summed E-state index contributed by atoms with van der Waals surface area (Å²) in [7, 11) is -0.166. The largest absolute Gasteiger partial charge is 0.514 e. The van der Waals surface area contributed by atoms with Crippen LogP contribution < -0.4 is 19.5 Å². The molecule has 3 unspecified atom stereocenters. The standard InChI is InChI=1S/C38H33N3O12S/c1-49-29-13-7-25(8-14-29)20-51-37(44)34-27(23-54(48)36-33(35(43)40(34)36)39-32(42)19-24-5-3-2-4-6-24)22-50-30-15-9-26(10-16-30)21-52-38(45)53-31-17-11-28(12-18-31)41(46)47/h2-18,33,36H,19-23H2,1H3,(H,39,42). The zero-order chi connectivity index (χ0) is 38.2. The number of carbonyl (C=O) groups is 4. The molecule has 16 heteroatoms. The molecule has 1 saturated heterocycles. The molecule has 2 heterocycles. The quantitative estimate of drug-likeness (QED) is 0.0631. The highest BCUT2D eigenvalue weighted by atomic mass is 32.2. The van der Waals surface area contributed by atoms with E-state index < -0.39 is 51.1 Å². The number of ether oxygens (including phenoxy) is 5. The number of β-lactam (4-membered cyclic amide) rings is 1. The number of carbonyl (C=O) groups excluding carboxylic acids is 4. The van der Waals surface area contributed by atoms with Crippen LogP contribution in [0, 0.1) is 10.1 Å². The molecule has 0 aliphatic carbocycles. The molecule has 54 heavy (non-hydrogen) atoms. The molecule has 2 aliphatic rings. The lowest BCUT2D eigenvalue weighted by atomic mass is 10.0. The average Bonchev–Trinajstić information content (AvgIpc) is 3.18. The van der Waals surface area contributed by atoms with Gasteiger partial charge in [0.25, 0.3) is 11.6 Å². The first-order valence-corrected chi connectivity index (χ1v) is 17.8. The number of benzene rings is 4. The average molecular weight is 756 g/mol. The fourth-order valence-electron chi connectivity index (χ4n) is 5.65. The molecule has 1 N–H and O–H groups in total. The summed E-state index contributed by atoms with van der Waals surface area (Å²) in [6.45, 7) is -0.474. The number of nitrogens with one attached hydrogen (secondary N) is 1. The summed E-state index contributed by atoms with van der Waals surface area (Å²) in [5, 5.41) is 12.5. The first kappa shape index (κ1) is 37.2. The van der Waals surface area contributed by atoms with Crippen molar-refractivity contribution in [1.29, 1.82) is 0 Å². The van der Waals surface area contributed by atoms with Gasteiger partial charge >= 0.3 is 12.1 Å². The van der Waals surface area contributed by atoms with Crippen LogP contribution in [0.1, 0.15) is 16.7 Å². The van der Waals surface area contributed by atoms with E-state index >= 15 is 0 Å². The number of nitrogens with zero attached hydrogens (tertiary/aromatic N) is 2. The molecule has 6 rings (SSSR count). The van der Waals surface area contributed by atoms with E-state index in [0.717, 1.165) is 10.5 Å². The maximum absolute atomic E-state index is 13.6. The van der Waals surface area contributed by atoms with E-state index in [-0.39, 0.29) is 54.7 Å². The van der Waals surface area contributed by atoms with Gasteiger partial charge in [0, 0.05) is 17.7 Å². The van der Waals surface area contributed by atoms with Crippen molar-refractivity contribution in [2.45, 2.75) is 31.1 Å². The molecule has 278 valence electrons. The minimum Gasteiger partial charge on any atom is -0.497 e. The lowest BCUT2D eigenvalue weighted by Crippen LogP contribution is -2.73. The van der Waals surface area contributed by atoms with Gasteiger partial charge in [-0.2, -0.15) is 0 Å². The molecule has 0 radical (unpaired) electrons. The van der Waals surface area contributed by atoms with Gasteiger partial charge in [-0.25, -0.2) is 9.59 Å². The zero-order valence-electron chi connectivity index (χ0n) is 28.7. The SMILES string of the molecule is COc1ccc(COC(=O)C2=C(COc3ccc(COC(=O)Oc4ccc([N+](=O)[O-])cc4)cc3)CS(=O)C3C(NC(=O)Cc4ccccc4)C(=O)N23)cc1. The third-order valence-electron chi connectivity index (χ3n) is 8.39. The number of fused-ring (bicyclic) bond motifs is 1. The van der Waals surface area contributed by atoms with Crippen molar-refractivity contribution in [3.05, 3.63) is 141 Å². The fourth-order valence-corrected chi connectivity index (χ4v) is 7.32. The minimum atomic E-state index is -1.70. The number of nitro groups is 1. The third kappa shape index (κ3) is 8.90. The Morgan fingerprint density at radius 1 is 0.815 bits per heavy atom. The fraction of sp³-hybridized carbons (Fsp3) is 0.211. The van der Waals surface area contributed by atoms with Gasteiger partial charge in [0.15, 0.2) is 0 Å². The van der Waals surface area contributed by atoms with Crippen molar-refractivity contribution in [1.82, 2.24) is 10.2 Å². The van der Waals surface area contributed by atoms with E-state index in [2.05, 4.69) is 5.32 Å². The zero-order valence-corrected chi connectivity index (χ0v) is 29.5. The van der Waals surface area contributed by atoms with Crippen LogP contribution in [-0.4, -0.2) is 68.9 Å². The molecule has 0 bridgehead atoms. The Hall–Kier alpha value is -6.55. The molecular formula is C38H33N3O12S. The van der Waals surface area contributed by atoms with Crippen molar-refractivity contribution < 1.29 is 52.0 Å². The highest BCUT2D eigenvalue weighted by Gasteiger charge is 2.57. The number of non-ortho nitro benzene ring substituents is 1. The summed E-state index contributed by atoms with van der Waals surface area (Å²) in [6, 6.07) is 26.2. The monoisotopic (exact) mass is 755 g/mol. The number of amides is 2. The van der Waals surface area contributed by atoms with Crippen molar-refractivity contribution in [2.24, 2.45) is 0 Å². The van der Waals surface area contributed by atoms with Gasteiger partial charge in [-0.1, -0.05) is 54.6 Å². The maximum atomic E-state index is 13.6. The highest BCUT2D eigenvalue weighted by Crippen LogP contribution is 2.36. The van der Waals surface area contributed by atoms with Crippen LogP contribution in [0.15, 0.2) is 114 Å². The molecule has 1 fully saturated rings. The smallest absolute Gasteiger partial charge is 0.497 e. The predicted octanol–water partition coefficient (Wildman–Crippen LogP) is 4.35. The minimum absolute atomic E-state index is 0.0207. The van der Waals surface area contributed by atoms with E-state index in [1.165, 1.54) is 31.4 Å². The van der Waals surface area contributed by atoms with Crippen molar-refractivity contribution >= 4 is 40.4 Å². The Labute approximate surface area is 311 Å². The van der Waals surface area contributed by atoms with E-state index in [0.29, 0.717) is 22.6 Å². The van der Waals surface area contributed by atoms with Crippen molar-refractivity contribution in [2.75, 3.05) is 19.5 Å². The molecule has 15 nitrogen and oxygen atoms in total. The van der Waals surface area contributed by atoms with E-state index in [4.69, 9.17) is 23.7 Å². The summed E-state index contributed by atoms with van der Waals surface area (Å²) in [4.78, 5) is 63.4. The second-order valence-electron chi connectivity index (χ2n) is 12.0. The first-order chi connectivity index (χ1) is 26.1. The normalized spacial score (nSPS) is 17.4. The van der Waals surface area contributed by atoms with Crippen LogP contribution in [0.5, 0.6) is 17.2 Å². The maximum Gasteiger partial charge on any atom is 0.514 e. The Morgan fingerprint density at radius 3 is 2.06 bits per heavy atom. The van der Waals surface area contributed by atoms with Crippen molar-refractivity contribution in [3.8, 4) is 17.2 Å². The van der Waals surface area contributed by atoms with Crippen LogP contribution >= 0.6 is 0 Å². The summed E-state index contributed by atoms with van der Waals surface area (Å²) in [5.41, 5.74) is 2.02. The first-order valence-electron chi connectivity index (χ1n) is 16.5. The molecule has 4 aromatic rings. The van der Waals surface area contributed by atoms with E-state index in [1.807, 2.05) is 6.07 Å². The molecule has 0 aromatic heterocycles. The Balaban J connectivity index is 1.11. The summed E-state index contributed by atoms with van der Waals surface area (Å²) in [6.07, 6.45) is -0.989. The number of methoxy groups -OCH3 is 1. The lowest BCUT2D eigenvalue weighted by molar-refractivity contribution is -0.384. The molecule has 0 spiro atoms. The molecule has 0 saturated carbocycles. The number of hydrogen-bond acceptors (Lipinski definition) is 12. The Kier molecular flexibility index (Phi) is 11.6. The molecule has 3 atom stereocenters. The summed E-state index contributed by atoms with van der Waals surface area (Å²) in [5.74, 6) is -0.894.